The van der Waals surface area contributed by atoms with Gasteiger partial charge in [0.15, 0.2) is 0 Å². The highest BCUT2D eigenvalue weighted by Crippen LogP contribution is 2.17. The standard InChI is InChI=1S/C17H19FN2O/c1-12-7-8-13(9-15(12)18)11-20-16-6-4-3-5-14(16)10-17(21)19-2/h3-9,20H,10-11H2,1-2H3,(H,19,21). The number of carbonyl (C=O) groups is 1. The largest absolute Gasteiger partial charge is 0.381 e. The van der Waals surface area contributed by atoms with Gasteiger partial charge >= 0.3 is 0 Å². The Labute approximate surface area is 124 Å². The molecule has 3 nitrogen and oxygen atoms in total. The maximum Gasteiger partial charge on any atom is 0.224 e. The van der Waals surface area contributed by atoms with E-state index in [1.807, 2.05) is 30.3 Å². The number of carbonyl (C=O) groups excluding carboxylic acids is 1. The molecule has 2 aromatic rings. The van der Waals surface area contributed by atoms with Crippen molar-refractivity contribution in [1.29, 1.82) is 0 Å². The summed E-state index contributed by atoms with van der Waals surface area (Å²) in [5.41, 5.74) is 3.32. The molecule has 21 heavy (non-hydrogen) atoms. The van der Waals surface area contributed by atoms with Crippen molar-refractivity contribution >= 4 is 11.6 Å². The molecule has 0 bridgehead atoms. The first-order valence-corrected chi connectivity index (χ1v) is 6.87. The van der Waals surface area contributed by atoms with Crippen LogP contribution in [0.25, 0.3) is 0 Å². The van der Waals surface area contributed by atoms with Gasteiger partial charge in [0, 0.05) is 19.3 Å². The lowest BCUT2D eigenvalue weighted by atomic mass is 10.1. The molecule has 110 valence electrons. The van der Waals surface area contributed by atoms with Gasteiger partial charge in [0.2, 0.25) is 5.91 Å². The molecule has 0 heterocycles. The second-order valence-electron chi connectivity index (χ2n) is 4.94. The average molecular weight is 286 g/mol. The monoisotopic (exact) mass is 286 g/mol. The molecule has 0 aliphatic carbocycles. The third-order valence-corrected chi connectivity index (χ3v) is 3.37. The van der Waals surface area contributed by atoms with Crippen LogP contribution in [-0.2, 0) is 17.8 Å². The average Bonchev–Trinajstić information content (AvgIpc) is 2.49. The first-order valence-electron chi connectivity index (χ1n) is 6.87. The van der Waals surface area contributed by atoms with Crippen LogP contribution in [0.4, 0.5) is 10.1 Å². The van der Waals surface area contributed by atoms with Gasteiger partial charge in [0.05, 0.1) is 6.42 Å². The quantitative estimate of drug-likeness (QED) is 0.887. The third kappa shape index (κ3) is 4.05. The lowest BCUT2D eigenvalue weighted by molar-refractivity contribution is -0.119. The van der Waals surface area contributed by atoms with Gasteiger partial charge in [0.1, 0.15) is 5.82 Å². The Morgan fingerprint density at radius 3 is 2.67 bits per heavy atom. The summed E-state index contributed by atoms with van der Waals surface area (Å²) in [6.07, 6.45) is 0.321. The molecule has 2 N–H and O–H groups in total. The van der Waals surface area contributed by atoms with Crippen LogP contribution in [0.15, 0.2) is 42.5 Å². The molecule has 2 aromatic carbocycles. The molecule has 0 fully saturated rings. The molecule has 0 atom stereocenters. The van der Waals surface area contributed by atoms with E-state index in [9.17, 15) is 9.18 Å². The normalized spacial score (nSPS) is 10.2. The summed E-state index contributed by atoms with van der Waals surface area (Å²) in [4.78, 5) is 11.5. The number of hydrogen-bond acceptors (Lipinski definition) is 2. The van der Waals surface area contributed by atoms with E-state index >= 15 is 0 Å². The van der Waals surface area contributed by atoms with Crippen LogP contribution in [0.2, 0.25) is 0 Å². The summed E-state index contributed by atoms with van der Waals surface area (Å²) in [6, 6.07) is 12.8. The predicted octanol–water partition coefficient (Wildman–Crippen LogP) is 3.03. The summed E-state index contributed by atoms with van der Waals surface area (Å²) in [6.45, 7) is 2.26. The van der Waals surface area contributed by atoms with Gasteiger partial charge in [-0.15, -0.1) is 0 Å². The molecule has 0 saturated carbocycles. The van der Waals surface area contributed by atoms with E-state index in [0.29, 0.717) is 18.5 Å². The second-order valence-corrected chi connectivity index (χ2v) is 4.94. The van der Waals surface area contributed by atoms with Gasteiger partial charge in [-0.25, -0.2) is 4.39 Å². The van der Waals surface area contributed by atoms with E-state index in [4.69, 9.17) is 0 Å². The predicted molar refractivity (Wildman–Crippen MR) is 82.7 cm³/mol. The number of anilines is 1. The Hall–Kier alpha value is -2.36. The van der Waals surface area contributed by atoms with Crippen molar-refractivity contribution < 1.29 is 9.18 Å². The van der Waals surface area contributed by atoms with Gasteiger partial charge in [-0.05, 0) is 35.7 Å². The molecule has 0 aliphatic rings. The van der Waals surface area contributed by atoms with E-state index in [-0.39, 0.29) is 11.7 Å². The highest BCUT2D eigenvalue weighted by atomic mass is 19.1. The molecule has 0 spiro atoms. The zero-order valence-corrected chi connectivity index (χ0v) is 12.2. The lowest BCUT2D eigenvalue weighted by Gasteiger charge is -2.12. The molecule has 0 radical (unpaired) electrons. The van der Waals surface area contributed by atoms with Crippen LogP contribution in [-0.4, -0.2) is 13.0 Å². The van der Waals surface area contributed by atoms with Crippen LogP contribution in [0.1, 0.15) is 16.7 Å². The number of para-hydroxylation sites is 1. The number of benzene rings is 2. The van der Waals surface area contributed by atoms with Crippen LogP contribution in [0.5, 0.6) is 0 Å². The number of likely N-dealkylation sites (N-methyl/N-ethyl adjacent to an activating group) is 1. The Morgan fingerprint density at radius 2 is 1.95 bits per heavy atom. The van der Waals surface area contributed by atoms with Crippen molar-refractivity contribution in [3.05, 3.63) is 65.0 Å². The lowest BCUT2D eigenvalue weighted by Crippen LogP contribution is -2.20. The maximum atomic E-state index is 13.5. The smallest absolute Gasteiger partial charge is 0.224 e. The van der Waals surface area contributed by atoms with Crippen LogP contribution < -0.4 is 10.6 Å². The topological polar surface area (TPSA) is 41.1 Å². The summed E-state index contributed by atoms with van der Waals surface area (Å²) >= 11 is 0. The highest BCUT2D eigenvalue weighted by Gasteiger charge is 2.06. The first kappa shape index (κ1) is 15.0. The van der Waals surface area contributed by atoms with Gasteiger partial charge in [-0.3, -0.25) is 4.79 Å². The molecular weight excluding hydrogens is 267 g/mol. The number of aryl methyl sites for hydroxylation is 1. The fourth-order valence-electron chi connectivity index (χ4n) is 2.05. The number of rotatable bonds is 5. The van der Waals surface area contributed by atoms with E-state index in [1.165, 1.54) is 6.07 Å². The van der Waals surface area contributed by atoms with E-state index in [1.54, 1.807) is 20.0 Å². The number of hydrogen-bond donors (Lipinski definition) is 2. The minimum atomic E-state index is -0.201. The minimum Gasteiger partial charge on any atom is -0.381 e. The Morgan fingerprint density at radius 1 is 1.19 bits per heavy atom. The van der Waals surface area contributed by atoms with Crippen molar-refractivity contribution in [2.24, 2.45) is 0 Å². The molecule has 4 heteroatoms. The Bertz CT molecular complexity index is 640. The summed E-state index contributed by atoms with van der Waals surface area (Å²) in [5, 5.41) is 5.87. The van der Waals surface area contributed by atoms with Crippen molar-refractivity contribution in [1.82, 2.24) is 5.32 Å². The molecule has 0 saturated heterocycles. The fourth-order valence-corrected chi connectivity index (χ4v) is 2.05. The molecule has 0 unspecified atom stereocenters. The third-order valence-electron chi connectivity index (χ3n) is 3.37. The molecular formula is C17H19FN2O. The Kier molecular flexibility index (Phi) is 4.93. The first-order chi connectivity index (χ1) is 10.1. The van der Waals surface area contributed by atoms with Crippen LogP contribution in [0, 0.1) is 12.7 Å². The molecule has 1 amide bonds. The second kappa shape index (κ2) is 6.88. The van der Waals surface area contributed by atoms with Gasteiger partial charge in [-0.1, -0.05) is 30.3 Å². The van der Waals surface area contributed by atoms with Gasteiger partial charge in [0.25, 0.3) is 0 Å². The van der Waals surface area contributed by atoms with Gasteiger partial charge < -0.3 is 10.6 Å². The summed E-state index contributed by atoms with van der Waals surface area (Å²) in [5.74, 6) is -0.237. The number of halogens is 1. The van der Waals surface area contributed by atoms with Crippen molar-refractivity contribution in [3.8, 4) is 0 Å². The van der Waals surface area contributed by atoms with Crippen LogP contribution in [0.3, 0.4) is 0 Å². The molecule has 2 rings (SSSR count). The Balaban J connectivity index is 2.09. The van der Waals surface area contributed by atoms with Gasteiger partial charge in [-0.2, -0.15) is 0 Å². The van der Waals surface area contributed by atoms with E-state index < -0.39 is 0 Å². The highest BCUT2D eigenvalue weighted by molar-refractivity contribution is 5.80. The summed E-state index contributed by atoms with van der Waals surface area (Å²) < 4.78 is 13.5. The SMILES string of the molecule is CNC(=O)Cc1ccccc1NCc1ccc(C)c(F)c1. The molecule has 0 aromatic heterocycles. The zero-order chi connectivity index (χ0) is 15.2. The van der Waals surface area contributed by atoms with Crippen molar-refractivity contribution in [2.75, 3.05) is 12.4 Å². The number of nitrogens with one attached hydrogen (secondary N) is 2. The zero-order valence-electron chi connectivity index (χ0n) is 12.2. The number of amides is 1. The molecule has 0 aliphatic heterocycles. The van der Waals surface area contributed by atoms with Crippen LogP contribution >= 0.6 is 0 Å². The van der Waals surface area contributed by atoms with Crippen molar-refractivity contribution in [2.45, 2.75) is 19.9 Å². The minimum absolute atomic E-state index is 0.0365. The fraction of sp³-hybridized carbons (Fsp3) is 0.235. The maximum absolute atomic E-state index is 13.5. The summed E-state index contributed by atoms with van der Waals surface area (Å²) in [7, 11) is 1.62. The van der Waals surface area contributed by atoms with E-state index in [2.05, 4.69) is 10.6 Å². The van der Waals surface area contributed by atoms with E-state index in [0.717, 1.165) is 16.8 Å². The van der Waals surface area contributed by atoms with Crippen molar-refractivity contribution in [3.63, 3.8) is 0 Å².